The Balaban J connectivity index is 1.69. The topological polar surface area (TPSA) is 109 Å². The number of para-hydroxylation sites is 1. The number of benzene rings is 2. The second-order valence-electron chi connectivity index (χ2n) is 6.98. The summed E-state index contributed by atoms with van der Waals surface area (Å²) in [5.41, 5.74) is 5.04. The van der Waals surface area contributed by atoms with Gasteiger partial charge in [0.15, 0.2) is 5.11 Å². The van der Waals surface area contributed by atoms with Crippen molar-refractivity contribution in [2.45, 2.75) is 36.6 Å². The molecule has 1 fully saturated rings. The van der Waals surface area contributed by atoms with Crippen LogP contribution >= 0.6 is 12.2 Å². The molecule has 2 aromatic rings. The summed E-state index contributed by atoms with van der Waals surface area (Å²) >= 11 is 5.04. The van der Waals surface area contributed by atoms with Gasteiger partial charge < -0.3 is 10.1 Å². The van der Waals surface area contributed by atoms with Gasteiger partial charge in [-0.1, -0.05) is 25.0 Å². The van der Waals surface area contributed by atoms with E-state index in [2.05, 4.69) is 20.9 Å². The molecule has 0 heterocycles. The second-order valence-corrected chi connectivity index (χ2v) is 9.07. The van der Waals surface area contributed by atoms with Gasteiger partial charge in [-0.05, 0) is 55.4 Å². The number of thiocarbonyl (C=S) groups is 1. The molecule has 0 bridgehead atoms. The molecule has 11 heteroatoms. The van der Waals surface area contributed by atoms with Gasteiger partial charge in [0.25, 0.3) is 5.91 Å². The van der Waals surface area contributed by atoms with Gasteiger partial charge >= 0.3 is 0 Å². The van der Waals surface area contributed by atoms with Crippen LogP contribution in [0.1, 0.15) is 36.0 Å². The van der Waals surface area contributed by atoms with E-state index in [1.807, 2.05) is 0 Å². The molecular formula is C20H23FN4O4S2. The molecule has 0 radical (unpaired) electrons. The van der Waals surface area contributed by atoms with Crippen LogP contribution in [0.25, 0.3) is 0 Å². The zero-order valence-electron chi connectivity index (χ0n) is 16.8. The molecule has 1 saturated carbocycles. The smallest absolute Gasteiger partial charge is 0.269 e. The van der Waals surface area contributed by atoms with Gasteiger partial charge in [-0.2, -0.15) is 0 Å². The molecule has 0 unspecified atom stereocenters. The normalized spacial score (nSPS) is 14.1. The predicted molar refractivity (Wildman–Crippen MR) is 119 cm³/mol. The summed E-state index contributed by atoms with van der Waals surface area (Å²) < 4.78 is 47.2. The summed E-state index contributed by atoms with van der Waals surface area (Å²) in [6.07, 6.45) is 3.49. The first-order chi connectivity index (χ1) is 14.8. The fraction of sp³-hybridized carbons (Fsp3) is 0.300. The highest BCUT2D eigenvalue weighted by atomic mass is 32.2. The van der Waals surface area contributed by atoms with Gasteiger partial charge in [-0.15, -0.1) is 0 Å². The minimum atomic E-state index is -3.87. The molecule has 1 aliphatic carbocycles. The van der Waals surface area contributed by atoms with Crippen LogP contribution in [0.4, 0.5) is 10.1 Å². The Labute approximate surface area is 185 Å². The largest absolute Gasteiger partial charge is 0.495 e. The number of carbonyl (C=O) groups is 1. The number of rotatable bonds is 6. The van der Waals surface area contributed by atoms with E-state index in [1.165, 1.54) is 43.5 Å². The van der Waals surface area contributed by atoms with Crippen molar-refractivity contribution in [1.82, 2.24) is 15.6 Å². The third-order valence-corrected chi connectivity index (χ3v) is 6.55. The quantitative estimate of drug-likeness (QED) is 0.383. The monoisotopic (exact) mass is 466 g/mol. The fourth-order valence-electron chi connectivity index (χ4n) is 3.26. The van der Waals surface area contributed by atoms with Crippen LogP contribution in [0.2, 0.25) is 0 Å². The molecule has 3 rings (SSSR count). The van der Waals surface area contributed by atoms with Crippen molar-refractivity contribution in [3.63, 3.8) is 0 Å². The van der Waals surface area contributed by atoms with E-state index in [4.69, 9.17) is 17.0 Å². The fourth-order valence-corrected chi connectivity index (χ4v) is 4.92. The Morgan fingerprint density at radius 3 is 2.52 bits per heavy atom. The van der Waals surface area contributed by atoms with Crippen molar-refractivity contribution >= 4 is 38.9 Å². The Bertz CT molecular complexity index is 1070. The summed E-state index contributed by atoms with van der Waals surface area (Å²) in [5.74, 6) is -0.998. The Morgan fingerprint density at radius 2 is 1.84 bits per heavy atom. The van der Waals surface area contributed by atoms with Crippen LogP contribution in [0.15, 0.2) is 47.4 Å². The van der Waals surface area contributed by atoms with Gasteiger partial charge in [0.2, 0.25) is 10.0 Å². The van der Waals surface area contributed by atoms with Crippen molar-refractivity contribution in [2.75, 3.05) is 12.4 Å². The van der Waals surface area contributed by atoms with Gasteiger partial charge in [0.05, 0.1) is 12.8 Å². The van der Waals surface area contributed by atoms with E-state index in [0.29, 0.717) is 0 Å². The van der Waals surface area contributed by atoms with Gasteiger partial charge in [-0.3, -0.25) is 15.6 Å². The number of halogens is 1. The number of amides is 1. The molecule has 2 aromatic carbocycles. The van der Waals surface area contributed by atoms with Crippen molar-refractivity contribution in [1.29, 1.82) is 0 Å². The maximum atomic E-state index is 13.7. The standard InChI is InChI=1S/C20H23FN4O4S2/c1-29-17-11-10-13(12-18(17)31(27,28)25-14-6-2-3-7-14)19(26)23-24-20(30)22-16-9-5-4-8-15(16)21/h4-5,8-12,14,25H,2-3,6-7H2,1H3,(H,23,26)(H2,22,24,30). The number of methoxy groups -OCH3 is 1. The maximum absolute atomic E-state index is 13.7. The first-order valence-electron chi connectivity index (χ1n) is 9.62. The van der Waals surface area contributed by atoms with Crippen molar-refractivity contribution < 1.29 is 22.3 Å². The van der Waals surface area contributed by atoms with Crippen LogP contribution in [0.3, 0.4) is 0 Å². The SMILES string of the molecule is COc1ccc(C(=O)NNC(=S)Nc2ccccc2F)cc1S(=O)(=O)NC1CCCC1. The van der Waals surface area contributed by atoms with Gasteiger partial charge in [-0.25, -0.2) is 17.5 Å². The first kappa shape index (κ1) is 22.9. The minimum absolute atomic E-state index is 0.0392. The Kier molecular flexibility index (Phi) is 7.42. The molecule has 1 aliphatic rings. The lowest BCUT2D eigenvalue weighted by Crippen LogP contribution is -2.44. The lowest BCUT2D eigenvalue weighted by atomic mass is 10.2. The van der Waals surface area contributed by atoms with Crippen molar-refractivity contribution in [3.05, 3.63) is 53.8 Å². The molecule has 8 nitrogen and oxygen atoms in total. The molecule has 0 aliphatic heterocycles. The summed E-state index contributed by atoms with van der Waals surface area (Å²) in [6.45, 7) is 0. The molecule has 0 spiro atoms. The summed E-state index contributed by atoms with van der Waals surface area (Å²) in [7, 11) is -2.52. The molecule has 0 atom stereocenters. The molecule has 4 N–H and O–H groups in total. The number of sulfonamides is 1. The third kappa shape index (κ3) is 5.90. The molecule has 0 saturated heterocycles. The van der Waals surface area contributed by atoms with Crippen molar-refractivity contribution in [3.8, 4) is 5.75 Å². The molecule has 166 valence electrons. The average Bonchev–Trinajstić information content (AvgIpc) is 3.25. The first-order valence-corrected chi connectivity index (χ1v) is 11.5. The number of nitrogens with one attached hydrogen (secondary N) is 4. The minimum Gasteiger partial charge on any atom is -0.495 e. The zero-order chi connectivity index (χ0) is 22.4. The van der Waals surface area contributed by atoms with E-state index < -0.39 is 21.7 Å². The molecule has 0 aromatic heterocycles. The molecular weight excluding hydrogens is 443 g/mol. The highest BCUT2D eigenvalue weighted by molar-refractivity contribution is 7.89. The van der Waals surface area contributed by atoms with E-state index in [1.54, 1.807) is 6.07 Å². The lowest BCUT2D eigenvalue weighted by molar-refractivity contribution is 0.0944. The van der Waals surface area contributed by atoms with Gasteiger partial charge in [0, 0.05) is 11.6 Å². The highest BCUT2D eigenvalue weighted by Crippen LogP contribution is 2.27. The summed E-state index contributed by atoms with van der Waals surface area (Å²) in [6, 6.07) is 9.87. The van der Waals surface area contributed by atoms with E-state index >= 15 is 0 Å². The molecule has 1 amide bonds. The van der Waals surface area contributed by atoms with Crippen LogP contribution < -0.4 is 25.6 Å². The number of hydrogen-bond donors (Lipinski definition) is 4. The Hall–Kier alpha value is -2.76. The van der Waals surface area contributed by atoms with E-state index in [0.717, 1.165) is 25.7 Å². The van der Waals surface area contributed by atoms with Crippen LogP contribution in [0, 0.1) is 5.82 Å². The van der Waals surface area contributed by atoms with E-state index in [-0.39, 0.29) is 33.1 Å². The lowest BCUT2D eigenvalue weighted by Gasteiger charge is -2.16. The van der Waals surface area contributed by atoms with E-state index in [9.17, 15) is 17.6 Å². The highest BCUT2D eigenvalue weighted by Gasteiger charge is 2.26. The van der Waals surface area contributed by atoms with Crippen LogP contribution in [0.5, 0.6) is 5.75 Å². The van der Waals surface area contributed by atoms with Crippen LogP contribution in [-0.4, -0.2) is 32.6 Å². The number of ether oxygens (including phenoxy) is 1. The third-order valence-electron chi connectivity index (χ3n) is 4.80. The number of carbonyl (C=O) groups excluding carboxylic acids is 1. The summed E-state index contributed by atoms with van der Waals surface area (Å²) in [4.78, 5) is 12.4. The predicted octanol–water partition coefficient (Wildman–Crippen LogP) is 2.69. The number of hydrogen-bond acceptors (Lipinski definition) is 5. The average molecular weight is 467 g/mol. The summed E-state index contributed by atoms with van der Waals surface area (Å²) in [5, 5.41) is 2.58. The number of anilines is 1. The zero-order valence-corrected chi connectivity index (χ0v) is 18.4. The Morgan fingerprint density at radius 1 is 1.13 bits per heavy atom. The van der Waals surface area contributed by atoms with Crippen LogP contribution in [-0.2, 0) is 10.0 Å². The van der Waals surface area contributed by atoms with Crippen molar-refractivity contribution in [2.24, 2.45) is 0 Å². The molecule has 31 heavy (non-hydrogen) atoms. The number of hydrazine groups is 1. The van der Waals surface area contributed by atoms with Gasteiger partial charge in [0.1, 0.15) is 16.5 Å². The maximum Gasteiger partial charge on any atom is 0.269 e. The second kappa shape index (κ2) is 10.0.